The first-order valence-corrected chi connectivity index (χ1v) is 6.40. The second-order valence-corrected chi connectivity index (χ2v) is 6.25. The summed E-state index contributed by atoms with van der Waals surface area (Å²) in [7, 11) is 1.98. The van der Waals surface area contributed by atoms with E-state index in [0.717, 1.165) is 32.4 Å². The molecule has 0 aromatic heterocycles. The van der Waals surface area contributed by atoms with Gasteiger partial charge >= 0.3 is 0 Å². The minimum Gasteiger partial charge on any atom is -0.378 e. The summed E-state index contributed by atoms with van der Waals surface area (Å²) in [6.07, 6.45) is 3.72. The predicted octanol–water partition coefficient (Wildman–Crippen LogP) is 1.92. The minimum atomic E-state index is 0.190. The van der Waals surface area contributed by atoms with Crippen LogP contribution in [0, 0.1) is 0 Å². The fourth-order valence-electron chi connectivity index (χ4n) is 2.85. The fraction of sp³-hybridized carbons (Fsp3) is 1.00. The van der Waals surface area contributed by atoms with Crippen LogP contribution in [0.2, 0.25) is 0 Å². The van der Waals surface area contributed by atoms with E-state index in [4.69, 9.17) is 4.74 Å². The Hall–Kier alpha value is -0.120. The summed E-state index contributed by atoms with van der Waals surface area (Å²) >= 11 is 0. The molecule has 1 heterocycles. The quantitative estimate of drug-likeness (QED) is 0.705. The van der Waals surface area contributed by atoms with E-state index < -0.39 is 0 Å². The zero-order chi connectivity index (χ0) is 12.2. The lowest BCUT2D eigenvalue weighted by Gasteiger charge is -2.46. The van der Waals surface area contributed by atoms with Crippen molar-refractivity contribution in [3.05, 3.63) is 0 Å². The molecule has 0 atom stereocenters. The molecule has 0 aromatic rings. The van der Waals surface area contributed by atoms with Crippen LogP contribution >= 0.6 is 0 Å². The van der Waals surface area contributed by atoms with Crippen LogP contribution < -0.4 is 10.6 Å². The Labute approximate surface area is 100 Å². The molecule has 1 aliphatic rings. The Morgan fingerprint density at radius 1 is 1.19 bits per heavy atom. The van der Waals surface area contributed by atoms with Crippen LogP contribution in [-0.2, 0) is 4.74 Å². The van der Waals surface area contributed by atoms with Gasteiger partial charge in [-0.15, -0.1) is 0 Å². The Kier molecular flexibility index (Phi) is 4.77. The summed E-state index contributed by atoms with van der Waals surface area (Å²) < 4.78 is 5.98. The van der Waals surface area contributed by atoms with Crippen molar-refractivity contribution < 1.29 is 4.74 Å². The second kappa shape index (κ2) is 5.48. The Morgan fingerprint density at radius 3 is 2.25 bits per heavy atom. The molecule has 0 radical (unpaired) electrons. The molecule has 0 aliphatic carbocycles. The highest BCUT2D eigenvalue weighted by Gasteiger charge is 2.37. The molecule has 96 valence electrons. The van der Waals surface area contributed by atoms with Gasteiger partial charge in [0.1, 0.15) is 0 Å². The van der Waals surface area contributed by atoms with E-state index in [1.807, 2.05) is 7.05 Å². The zero-order valence-corrected chi connectivity index (χ0v) is 11.5. The second-order valence-electron chi connectivity index (χ2n) is 6.25. The van der Waals surface area contributed by atoms with Gasteiger partial charge in [0.15, 0.2) is 0 Å². The molecule has 0 amide bonds. The first-order chi connectivity index (χ1) is 7.35. The van der Waals surface area contributed by atoms with E-state index in [-0.39, 0.29) is 11.1 Å². The molecule has 0 spiro atoms. The third-order valence-corrected chi connectivity index (χ3v) is 3.08. The highest BCUT2D eigenvalue weighted by molar-refractivity contribution is 4.97. The number of hydrogen-bond donors (Lipinski definition) is 2. The minimum absolute atomic E-state index is 0.190. The van der Waals surface area contributed by atoms with E-state index >= 15 is 0 Å². The standard InChI is InChI=1S/C13H28N2O/c1-12(2)9-11(10-13(3,4)15-12)16-8-6-7-14-5/h11,14-15H,6-10H2,1-5H3. The monoisotopic (exact) mass is 228 g/mol. The molecule has 16 heavy (non-hydrogen) atoms. The largest absolute Gasteiger partial charge is 0.378 e. The topological polar surface area (TPSA) is 33.3 Å². The molecule has 3 nitrogen and oxygen atoms in total. The number of piperidine rings is 1. The van der Waals surface area contributed by atoms with Crippen molar-refractivity contribution in [1.29, 1.82) is 0 Å². The molecule has 0 bridgehead atoms. The van der Waals surface area contributed by atoms with Gasteiger partial charge < -0.3 is 15.4 Å². The van der Waals surface area contributed by atoms with E-state index in [0.29, 0.717) is 6.10 Å². The summed E-state index contributed by atoms with van der Waals surface area (Å²) in [6.45, 7) is 11.0. The van der Waals surface area contributed by atoms with E-state index in [2.05, 4.69) is 38.3 Å². The predicted molar refractivity (Wildman–Crippen MR) is 68.8 cm³/mol. The van der Waals surface area contributed by atoms with Crippen LogP contribution in [0.25, 0.3) is 0 Å². The molecule has 1 aliphatic heterocycles. The molecule has 0 unspecified atom stereocenters. The molecular weight excluding hydrogens is 200 g/mol. The summed E-state index contributed by atoms with van der Waals surface area (Å²) in [6, 6.07) is 0. The highest BCUT2D eigenvalue weighted by Crippen LogP contribution is 2.30. The lowest BCUT2D eigenvalue weighted by atomic mass is 9.81. The number of nitrogens with one attached hydrogen (secondary N) is 2. The molecule has 0 saturated carbocycles. The molecule has 2 N–H and O–H groups in total. The first kappa shape index (κ1) is 13.9. The van der Waals surface area contributed by atoms with Crippen LogP contribution in [0.3, 0.4) is 0 Å². The third kappa shape index (κ3) is 4.81. The van der Waals surface area contributed by atoms with Crippen molar-refractivity contribution >= 4 is 0 Å². The van der Waals surface area contributed by atoms with Crippen LogP contribution in [0.15, 0.2) is 0 Å². The van der Waals surface area contributed by atoms with Crippen molar-refractivity contribution in [3.63, 3.8) is 0 Å². The van der Waals surface area contributed by atoms with Gasteiger partial charge in [0.25, 0.3) is 0 Å². The van der Waals surface area contributed by atoms with Crippen molar-refractivity contribution in [3.8, 4) is 0 Å². The number of rotatable bonds is 5. The number of hydrogen-bond acceptors (Lipinski definition) is 3. The molecule has 1 saturated heterocycles. The SMILES string of the molecule is CNCCCOC1CC(C)(C)NC(C)(C)C1. The van der Waals surface area contributed by atoms with Crippen LogP contribution in [0.1, 0.15) is 47.0 Å². The zero-order valence-electron chi connectivity index (χ0n) is 11.5. The van der Waals surface area contributed by atoms with Crippen molar-refractivity contribution in [2.45, 2.75) is 64.1 Å². The van der Waals surface area contributed by atoms with Gasteiger partial charge in [0, 0.05) is 17.7 Å². The summed E-state index contributed by atoms with van der Waals surface area (Å²) in [5.74, 6) is 0. The van der Waals surface area contributed by atoms with Gasteiger partial charge in [-0.2, -0.15) is 0 Å². The smallest absolute Gasteiger partial charge is 0.0609 e. The lowest BCUT2D eigenvalue weighted by Crippen LogP contribution is -2.59. The van der Waals surface area contributed by atoms with Gasteiger partial charge in [-0.1, -0.05) is 0 Å². The maximum Gasteiger partial charge on any atom is 0.0609 e. The van der Waals surface area contributed by atoms with E-state index in [9.17, 15) is 0 Å². The summed E-state index contributed by atoms with van der Waals surface area (Å²) in [5.41, 5.74) is 0.380. The van der Waals surface area contributed by atoms with Crippen molar-refractivity contribution in [1.82, 2.24) is 10.6 Å². The van der Waals surface area contributed by atoms with Gasteiger partial charge in [-0.3, -0.25) is 0 Å². The van der Waals surface area contributed by atoms with E-state index in [1.165, 1.54) is 0 Å². The Morgan fingerprint density at radius 2 is 1.75 bits per heavy atom. The fourth-order valence-corrected chi connectivity index (χ4v) is 2.85. The molecular formula is C13H28N2O. The highest BCUT2D eigenvalue weighted by atomic mass is 16.5. The molecule has 1 fully saturated rings. The van der Waals surface area contributed by atoms with Crippen molar-refractivity contribution in [2.24, 2.45) is 0 Å². The molecule has 3 heteroatoms. The Bertz CT molecular complexity index is 198. The van der Waals surface area contributed by atoms with Crippen molar-refractivity contribution in [2.75, 3.05) is 20.2 Å². The third-order valence-electron chi connectivity index (χ3n) is 3.08. The maximum absolute atomic E-state index is 5.98. The van der Waals surface area contributed by atoms with Crippen LogP contribution in [-0.4, -0.2) is 37.4 Å². The molecule has 1 rings (SSSR count). The molecule has 0 aromatic carbocycles. The first-order valence-electron chi connectivity index (χ1n) is 6.40. The number of ether oxygens (including phenoxy) is 1. The summed E-state index contributed by atoms with van der Waals surface area (Å²) in [5, 5.41) is 6.82. The van der Waals surface area contributed by atoms with Gasteiger partial charge in [-0.25, -0.2) is 0 Å². The normalized spacial score (nSPS) is 24.6. The van der Waals surface area contributed by atoms with Crippen LogP contribution in [0.5, 0.6) is 0 Å². The average Bonchev–Trinajstić information content (AvgIpc) is 2.07. The van der Waals surface area contributed by atoms with Crippen LogP contribution in [0.4, 0.5) is 0 Å². The lowest BCUT2D eigenvalue weighted by molar-refractivity contribution is -0.0221. The van der Waals surface area contributed by atoms with Gasteiger partial charge in [0.2, 0.25) is 0 Å². The van der Waals surface area contributed by atoms with Gasteiger partial charge in [-0.05, 0) is 60.5 Å². The van der Waals surface area contributed by atoms with E-state index in [1.54, 1.807) is 0 Å². The van der Waals surface area contributed by atoms with Gasteiger partial charge in [0.05, 0.1) is 6.10 Å². The maximum atomic E-state index is 5.98. The average molecular weight is 228 g/mol. The summed E-state index contributed by atoms with van der Waals surface area (Å²) in [4.78, 5) is 0. The Balaban J connectivity index is 2.36.